The minimum atomic E-state index is -4.65. The molecule has 3 heterocycles. The molecular weight excluding hydrogens is 451 g/mol. The van der Waals surface area contributed by atoms with Gasteiger partial charge in [0.1, 0.15) is 12.6 Å². The third kappa shape index (κ3) is 3.93. The Bertz CT molecular complexity index is 1280. The number of benzene rings is 1. The second-order valence-electron chi connectivity index (χ2n) is 7.22. The molecule has 0 unspecified atom stereocenters. The summed E-state index contributed by atoms with van der Waals surface area (Å²) in [4.78, 5) is 27.4. The highest BCUT2D eigenvalue weighted by atomic mass is 35.5. The van der Waals surface area contributed by atoms with Gasteiger partial charge in [0.25, 0.3) is 5.56 Å². The molecule has 10 heteroatoms. The zero-order valence-electron chi connectivity index (χ0n) is 16.0. The molecule has 0 radical (unpaired) electrons. The van der Waals surface area contributed by atoms with Gasteiger partial charge in [0.05, 0.1) is 26.2 Å². The number of aromatic nitrogens is 1. The van der Waals surface area contributed by atoms with Crippen molar-refractivity contribution in [3.63, 3.8) is 0 Å². The first-order chi connectivity index (χ1) is 14.7. The Morgan fingerprint density at radius 1 is 1.26 bits per heavy atom. The highest BCUT2D eigenvalue weighted by Gasteiger charge is 2.33. The summed E-state index contributed by atoms with van der Waals surface area (Å²) in [7, 11) is 0. The highest BCUT2D eigenvalue weighted by molar-refractivity contribution is 7.18. The molecule has 0 N–H and O–H groups in total. The number of nitrogens with zero attached hydrogens (tertiary/aromatic N) is 3. The second kappa shape index (κ2) is 8.02. The number of halogens is 4. The molecule has 3 aromatic rings. The summed E-state index contributed by atoms with van der Waals surface area (Å²) in [5.74, 6) is -0.231. The molecule has 2 aromatic heterocycles. The fraction of sp³-hybridized carbons (Fsp3) is 0.286. The number of pyridine rings is 1. The van der Waals surface area contributed by atoms with Gasteiger partial charge >= 0.3 is 6.18 Å². The van der Waals surface area contributed by atoms with Crippen molar-refractivity contribution in [2.45, 2.75) is 25.6 Å². The number of rotatable bonds is 3. The number of thiophene rings is 1. The molecule has 160 valence electrons. The van der Waals surface area contributed by atoms with E-state index in [4.69, 9.17) is 11.6 Å². The van der Waals surface area contributed by atoms with E-state index in [1.807, 2.05) is 6.07 Å². The Morgan fingerprint density at radius 3 is 2.61 bits per heavy atom. The van der Waals surface area contributed by atoms with E-state index in [-0.39, 0.29) is 34.5 Å². The lowest BCUT2D eigenvalue weighted by Crippen LogP contribution is -2.34. The standard InChI is InChI=1S/C21H15ClF3N3O2S/c22-16-4-3-12(7-15(16)21(23,24)25)14-11-31-19-13(8-26)9-28(20(30)18(14)19)10-17(29)27-5-1-2-6-27/h3-4,7,9,11H,1-2,5-6,10H2. The van der Waals surface area contributed by atoms with Crippen LogP contribution in [0.4, 0.5) is 13.2 Å². The fourth-order valence-corrected chi connectivity index (χ4v) is 4.97. The van der Waals surface area contributed by atoms with Crippen molar-refractivity contribution in [3.8, 4) is 17.2 Å². The molecular formula is C21H15ClF3N3O2S. The van der Waals surface area contributed by atoms with Crippen LogP contribution in [0.5, 0.6) is 0 Å². The van der Waals surface area contributed by atoms with E-state index >= 15 is 0 Å². The number of nitriles is 1. The highest BCUT2D eigenvalue weighted by Crippen LogP contribution is 2.40. The van der Waals surface area contributed by atoms with Crippen molar-refractivity contribution in [3.05, 3.63) is 56.3 Å². The second-order valence-corrected chi connectivity index (χ2v) is 8.51. The van der Waals surface area contributed by atoms with Crippen molar-refractivity contribution in [1.82, 2.24) is 9.47 Å². The maximum atomic E-state index is 13.3. The molecule has 31 heavy (non-hydrogen) atoms. The van der Waals surface area contributed by atoms with Crippen LogP contribution in [0, 0.1) is 11.3 Å². The number of fused-ring (bicyclic) bond motifs is 1. The number of amides is 1. The molecule has 1 fully saturated rings. The Hall–Kier alpha value is -2.83. The summed E-state index contributed by atoms with van der Waals surface area (Å²) < 4.78 is 41.5. The fourth-order valence-electron chi connectivity index (χ4n) is 3.72. The van der Waals surface area contributed by atoms with E-state index in [0.717, 1.165) is 36.3 Å². The Labute approximate surface area is 183 Å². The Balaban J connectivity index is 1.86. The molecule has 0 aliphatic carbocycles. The molecule has 0 spiro atoms. The average Bonchev–Trinajstić information content (AvgIpc) is 3.40. The summed E-state index contributed by atoms with van der Waals surface area (Å²) in [6, 6.07) is 5.44. The van der Waals surface area contributed by atoms with E-state index in [1.54, 1.807) is 10.3 Å². The lowest BCUT2D eigenvalue weighted by Gasteiger charge is -2.16. The number of carbonyl (C=O) groups excluding carboxylic acids is 1. The molecule has 1 aliphatic heterocycles. The Kier molecular flexibility index (Phi) is 5.54. The molecule has 1 saturated heterocycles. The summed E-state index contributed by atoms with van der Waals surface area (Å²) in [6.45, 7) is 1.01. The third-order valence-corrected chi connectivity index (χ3v) is 6.61. The zero-order chi connectivity index (χ0) is 22.3. The van der Waals surface area contributed by atoms with Gasteiger partial charge in [-0.1, -0.05) is 17.7 Å². The zero-order valence-corrected chi connectivity index (χ0v) is 17.6. The van der Waals surface area contributed by atoms with Gasteiger partial charge in [0, 0.05) is 30.2 Å². The first-order valence-corrected chi connectivity index (χ1v) is 10.7. The van der Waals surface area contributed by atoms with Gasteiger partial charge in [0.2, 0.25) is 5.91 Å². The van der Waals surface area contributed by atoms with Gasteiger partial charge in [-0.3, -0.25) is 9.59 Å². The topological polar surface area (TPSA) is 66.1 Å². The molecule has 0 atom stereocenters. The van der Waals surface area contributed by atoms with Crippen LogP contribution < -0.4 is 5.56 Å². The van der Waals surface area contributed by atoms with E-state index in [2.05, 4.69) is 0 Å². The maximum Gasteiger partial charge on any atom is 0.417 e. The summed E-state index contributed by atoms with van der Waals surface area (Å²) in [5.41, 5.74) is -0.919. The van der Waals surface area contributed by atoms with E-state index < -0.39 is 22.3 Å². The summed E-state index contributed by atoms with van der Waals surface area (Å²) in [5, 5.41) is 10.8. The number of hydrogen-bond donors (Lipinski definition) is 0. The van der Waals surface area contributed by atoms with Gasteiger partial charge in [-0.15, -0.1) is 11.3 Å². The van der Waals surface area contributed by atoms with Gasteiger partial charge < -0.3 is 9.47 Å². The van der Waals surface area contributed by atoms with Gasteiger partial charge in [-0.25, -0.2) is 0 Å². The monoisotopic (exact) mass is 465 g/mol. The SMILES string of the molecule is N#Cc1cn(CC(=O)N2CCCC2)c(=O)c2c(-c3ccc(Cl)c(C(F)(F)F)c3)csc12. The molecule has 5 nitrogen and oxygen atoms in total. The molecule has 0 saturated carbocycles. The van der Waals surface area contributed by atoms with Crippen LogP contribution in [0.3, 0.4) is 0 Å². The predicted molar refractivity (Wildman–Crippen MR) is 112 cm³/mol. The average molecular weight is 466 g/mol. The van der Waals surface area contributed by atoms with Gasteiger partial charge in [-0.2, -0.15) is 18.4 Å². The molecule has 4 rings (SSSR count). The van der Waals surface area contributed by atoms with Crippen molar-refractivity contribution in [2.75, 3.05) is 13.1 Å². The molecule has 1 aliphatic rings. The van der Waals surface area contributed by atoms with E-state index in [0.29, 0.717) is 17.8 Å². The molecule has 1 aromatic carbocycles. The molecule has 1 amide bonds. The van der Waals surface area contributed by atoms with Crippen molar-refractivity contribution >= 4 is 38.9 Å². The summed E-state index contributed by atoms with van der Waals surface area (Å²) in [6.07, 6.45) is -1.52. The van der Waals surface area contributed by atoms with Gasteiger partial charge in [0.15, 0.2) is 0 Å². The van der Waals surface area contributed by atoms with Crippen LogP contribution in [0.15, 0.2) is 34.6 Å². The number of carbonyl (C=O) groups is 1. The first-order valence-electron chi connectivity index (χ1n) is 9.40. The normalized spacial score (nSPS) is 14.2. The minimum absolute atomic E-state index is 0.119. The largest absolute Gasteiger partial charge is 0.417 e. The van der Waals surface area contributed by atoms with Crippen molar-refractivity contribution in [2.24, 2.45) is 0 Å². The summed E-state index contributed by atoms with van der Waals surface area (Å²) >= 11 is 6.81. The lowest BCUT2D eigenvalue weighted by atomic mass is 10.0. The minimum Gasteiger partial charge on any atom is -0.341 e. The predicted octanol–water partition coefficient (Wildman–Crippen LogP) is 4.90. The smallest absolute Gasteiger partial charge is 0.341 e. The van der Waals surface area contributed by atoms with Crippen LogP contribution in [0.1, 0.15) is 24.0 Å². The van der Waals surface area contributed by atoms with Gasteiger partial charge in [-0.05, 0) is 30.5 Å². The van der Waals surface area contributed by atoms with E-state index in [1.165, 1.54) is 16.8 Å². The van der Waals surface area contributed by atoms with Crippen LogP contribution in [0.25, 0.3) is 21.2 Å². The number of alkyl halides is 3. The maximum absolute atomic E-state index is 13.3. The van der Waals surface area contributed by atoms with Crippen LogP contribution >= 0.6 is 22.9 Å². The first kappa shape index (κ1) is 21.4. The van der Waals surface area contributed by atoms with Crippen molar-refractivity contribution in [1.29, 1.82) is 5.26 Å². The van der Waals surface area contributed by atoms with Crippen LogP contribution in [-0.4, -0.2) is 28.5 Å². The van der Waals surface area contributed by atoms with Crippen LogP contribution in [-0.2, 0) is 17.5 Å². The van der Waals surface area contributed by atoms with Crippen molar-refractivity contribution < 1.29 is 18.0 Å². The third-order valence-electron chi connectivity index (χ3n) is 5.26. The lowest BCUT2D eigenvalue weighted by molar-refractivity contribution is -0.137. The Morgan fingerprint density at radius 2 is 1.97 bits per heavy atom. The molecule has 0 bridgehead atoms. The number of hydrogen-bond acceptors (Lipinski definition) is 4. The number of likely N-dealkylation sites (tertiary alicyclic amines) is 1. The quantitative estimate of drug-likeness (QED) is 0.552. The van der Waals surface area contributed by atoms with E-state index in [9.17, 15) is 28.0 Å². The van der Waals surface area contributed by atoms with Crippen LogP contribution in [0.2, 0.25) is 5.02 Å².